The van der Waals surface area contributed by atoms with Crippen LogP contribution in [0.2, 0.25) is 0 Å². The molecule has 1 amide bonds. The topological polar surface area (TPSA) is 72.5 Å². The maximum Gasteiger partial charge on any atom is 0.227 e. The van der Waals surface area contributed by atoms with Crippen molar-refractivity contribution in [3.05, 3.63) is 94.5 Å². The smallest absolute Gasteiger partial charge is 0.227 e. The number of ketones is 2. The zero-order valence-electron chi connectivity index (χ0n) is 15.9. The lowest BCUT2D eigenvalue weighted by Gasteiger charge is -2.20. The molecule has 0 radical (unpaired) electrons. The lowest BCUT2D eigenvalue weighted by atomic mass is 9.83. The van der Waals surface area contributed by atoms with Gasteiger partial charge in [0.05, 0.1) is 24.3 Å². The van der Waals surface area contributed by atoms with Crippen molar-refractivity contribution >= 4 is 23.2 Å². The Morgan fingerprint density at radius 1 is 0.828 bits per heavy atom. The van der Waals surface area contributed by atoms with Crippen molar-refractivity contribution in [3.63, 3.8) is 0 Å². The van der Waals surface area contributed by atoms with Crippen LogP contribution >= 0.6 is 0 Å². The van der Waals surface area contributed by atoms with Crippen LogP contribution in [0.1, 0.15) is 43.8 Å². The molecule has 4 rings (SSSR count). The number of carbonyl (C=O) groups excluding carboxylic acids is 3. The summed E-state index contributed by atoms with van der Waals surface area (Å²) in [6.45, 7) is 2.20. The molecule has 1 aliphatic carbocycles. The summed E-state index contributed by atoms with van der Waals surface area (Å²) in [6.07, 6.45) is 0.121. The van der Waals surface area contributed by atoms with Crippen molar-refractivity contribution in [1.82, 2.24) is 0 Å². The van der Waals surface area contributed by atoms with Crippen molar-refractivity contribution in [2.45, 2.75) is 13.3 Å². The van der Waals surface area contributed by atoms with Crippen LogP contribution in [0.4, 0.5) is 5.69 Å². The first-order valence-electron chi connectivity index (χ1n) is 9.35. The molecule has 29 heavy (non-hydrogen) atoms. The minimum Gasteiger partial charge on any atom is -0.493 e. The summed E-state index contributed by atoms with van der Waals surface area (Å²) in [5.41, 5.74) is 2.77. The molecule has 0 saturated heterocycles. The number of fused-ring (bicyclic) bond motifs is 2. The van der Waals surface area contributed by atoms with Crippen molar-refractivity contribution in [2.24, 2.45) is 0 Å². The Hall–Kier alpha value is -3.73. The van der Waals surface area contributed by atoms with Gasteiger partial charge in [-0.15, -0.1) is 0 Å². The minimum atomic E-state index is -0.287. The van der Waals surface area contributed by atoms with Crippen LogP contribution in [-0.2, 0) is 4.79 Å². The van der Waals surface area contributed by atoms with Crippen LogP contribution in [0.3, 0.4) is 0 Å². The van der Waals surface area contributed by atoms with E-state index in [0.717, 1.165) is 5.56 Å². The largest absolute Gasteiger partial charge is 0.493 e. The van der Waals surface area contributed by atoms with E-state index in [1.807, 2.05) is 31.2 Å². The Kier molecular flexibility index (Phi) is 4.96. The van der Waals surface area contributed by atoms with Crippen LogP contribution in [0.5, 0.6) is 5.75 Å². The molecule has 1 aliphatic rings. The summed E-state index contributed by atoms with van der Waals surface area (Å²) >= 11 is 0. The van der Waals surface area contributed by atoms with Gasteiger partial charge in [-0.2, -0.15) is 0 Å². The molecule has 0 spiro atoms. The molecule has 0 fully saturated rings. The number of rotatable bonds is 5. The number of nitrogens with one attached hydrogen (secondary N) is 1. The third-order valence-corrected chi connectivity index (χ3v) is 4.85. The highest BCUT2D eigenvalue weighted by atomic mass is 16.5. The lowest BCUT2D eigenvalue weighted by Crippen LogP contribution is -2.24. The molecule has 0 aliphatic heterocycles. The Bertz CT molecular complexity index is 1120. The van der Waals surface area contributed by atoms with Crippen LogP contribution < -0.4 is 10.1 Å². The number of ether oxygens (including phenoxy) is 1. The number of anilines is 1. The Morgan fingerprint density at radius 3 is 2.21 bits per heavy atom. The zero-order chi connectivity index (χ0) is 20.4. The summed E-state index contributed by atoms with van der Waals surface area (Å²) in [4.78, 5) is 38.1. The minimum absolute atomic E-state index is 0.121. The summed E-state index contributed by atoms with van der Waals surface area (Å²) in [5.74, 6) is -0.0708. The van der Waals surface area contributed by atoms with E-state index in [1.54, 1.807) is 42.5 Å². The van der Waals surface area contributed by atoms with Crippen LogP contribution in [-0.4, -0.2) is 24.1 Å². The molecular formula is C24H19NO4. The molecular weight excluding hydrogens is 366 g/mol. The van der Waals surface area contributed by atoms with Gasteiger partial charge >= 0.3 is 0 Å². The Morgan fingerprint density at radius 2 is 1.48 bits per heavy atom. The Balaban J connectivity index is 1.49. The van der Waals surface area contributed by atoms with Gasteiger partial charge in [-0.3, -0.25) is 14.4 Å². The first-order chi connectivity index (χ1) is 14.0. The SMILES string of the molecule is Cc1ccc(OCCC(=O)Nc2cccc3c2C(=O)c2ccccc2C3=O)cc1. The first kappa shape index (κ1) is 18.6. The molecule has 3 aromatic carbocycles. The predicted molar refractivity (Wildman–Crippen MR) is 110 cm³/mol. The van der Waals surface area contributed by atoms with Crippen molar-refractivity contribution in [2.75, 3.05) is 11.9 Å². The fourth-order valence-electron chi connectivity index (χ4n) is 3.36. The van der Waals surface area contributed by atoms with Gasteiger partial charge < -0.3 is 10.1 Å². The maximum atomic E-state index is 13.0. The van der Waals surface area contributed by atoms with Gasteiger partial charge in [0.2, 0.25) is 5.91 Å². The highest BCUT2D eigenvalue weighted by Crippen LogP contribution is 2.31. The monoisotopic (exact) mass is 385 g/mol. The fourth-order valence-corrected chi connectivity index (χ4v) is 3.36. The molecule has 144 valence electrons. The lowest BCUT2D eigenvalue weighted by molar-refractivity contribution is -0.116. The summed E-state index contributed by atoms with van der Waals surface area (Å²) < 4.78 is 5.58. The van der Waals surface area contributed by atoms with E-state index in [9.17, 15) is 14.4 Å². The van der Waals surface area contributed by atoms with Gasteiger partial charge in [0.25, 0.3) is 0 Å². The molecule has 1 N–H and O–H groups in total. The molecule has 0 heterocycles. The fraction of sp³-hybridized carbons (Fsp3) is 0.125. The first-order valence-corrected chi connectivity index (χ1v) is 9.35. The van der Waals surface area contributed by atoms with E-state index >= 15 is 0 Å². The van der Waals surface area contributed by atoms with E-state index in [0.29, 0.717) is 28.1 Å². The molecule has 0 saturated carbocycles. The van der Waals surface area contributed by atoms with E-state index in [2.05, 4.69) is 5.32 Å². The van der Waals surface area contributed by atoms with Gasteiger partial charge in [-0.05, 0) is 25.1 Å². The predicted octanol–water partition coefficient (Wildman–Crippen LogP) is 4.18. The van der Waals surface area contributed by atoms with Gasteiger partial charge in [-0.1, -0.05) is 54.1 Å². The van der Waals surface area contributed by atoms with Crippen LogP contribution in [0.25, 0.3) is 0 Å². The number of aryl methyl sites for hydroxylation is 1. The van der Waals surface area contributed by atoms with Crippen molar-refractivity contribution in [3.8, 4) is 5.75 Å². The van der Waals surface area contributed by atoms with E-state index in [-0.39, 0.29) is 36.1 Å². The molecule has 5 heteroatoms. The average molecular weight is 385 g/mol. The second kappa shape index (κ2) is 7.72. The highest BCUT2D eigenvalue weighted by molar-refractivity contribution is 6.30. The Labute approximate surface area is 168 Å². The van der Waals surface area contributed by atoms with E-state index < -0.39 is 0 Å². The third-order valence-electron chi connectivity index (χ3n) is 4.85. The molecule has 0 unspecified atom stereocenters. The summed E-state index contributed by atoms with van der Waals surface area (Å²) in [6, 6.07) is 19.2. The second-order valence-electron chi connectivity index (χ2n) is 6.89. The average Bonchev–Trinajstić information content (AvgIpc) is 2.73. The quantitative estimate of drug-likeness (QED) is 0.559. The molecule has 3 aromatic rings. The maximum absolute atomic E-state index is 13.0. The normalized spacial score (nSPS) is 12.2. The summed E-state index contributed by atoms with van der Waals surface area (Å²) in [5, 5.41) is 2.76. The number of hydrogen-bond donors (Lipinski definition) is 1. The van der Waals surface area contributed by atoms with Crippen LogP contribution in [0, 0.1) is 6.92 Å². The third kappa shape index (κ3) is 3.67. The molecule has 5 nitrogen and oxygen atoms in total. The molecule has 0 aromatic heterocycles. The molecule has 0 bridgehead atoms. The van der Waals surface area contributed by atoms with E-state index in [1.165, 1.54) is 0 Å². The van der Waals surface area contributed by atoms with E-state index in [4.69, 9.17) is 4.74 Å². The van der Waals surface area contributed by atoms with Gasteiger partial charge in [0.15, 0.2) is 11.6 Å². The van der Waals surface area contributed by atoms with Crippen LogP contribution in [0.15, 0.2) is 66.7 Å². The summed E-state index contributed by atoms with van der Waals surface area (Å²) in [7, 11) is 0. The van der Waals surface area contributed by atoms with Crippen molar-refractivity contribution in [1.29, 1.82) is 0 Å². The van der Waals surface area contributed by atoms with Gasteiger partial charge in [-0.25, -0.2) is 0 Å². The van der Waals surface area contributed by atoms with Crippen molar-refractivity contribution < 1.29 is 19.1 Å². The van der Waals surface area contributed by atoms with Gasteiger partial charge in [0.1, 0.15) is 5.75 Å². The number of carbonyl (C=O) groups is 3. The molecule has 0 atom stereocenters. The number of benzene rings is 3. The standard InChI is InChI=1S/C24H19NO4/c1-15-9-11-16(12-10-15)29-14-13-21(26)25-20-8-4-7-19-22(20)24(28)18-6-3-2-5-17(18)23(19)27/h2-12H,13-14H2,1H3,(H,25,26). The number of hydrogen-bond acceptors (Lipinski definition) is 4. The van der Waals surface area contributed by atoms with Gasteiger partial charge in [0, 0.05) is 16.7 Å². The zero-order valence-corrected chi connectivity index (χ0v) is 15.9. The highest BCUT2D eigenvalue weighted by Gasteiger charge is 2.31. The number of amides is 1. The second-order valence-corrected chi connectivity index (χ2v) is 6.89.